The van der Waals surface area contributed by atoms with Crippen molar-refractivity contribution in [2.45, 2.75) is 26.4 Å². The number of carbonyl (C=O) groups excluding carboxylic acids is 3. The molecule has 0 aromatic heterocycles. The summed E-state index contributed by atoms with van der Waals surface area (Å²) >= 11 is 0. The SMILES string of the molecule is CCNCC.COc1ccc(N2N=C(NC(=O)c3ccccc3)C(NC(C)=O)(Nc3ccccc3)C2=O)cc1. The van der Waals surface area contributed by atoms with Gasteiger partial charge in [0.1, 0.15) is 5.75 Å². The largest absolute Gasteiger partial charge is 0.497 e. The van der Waals surface area contributed by atoms with E-state index in [9.17, 15) is 14.4 Å². The number of hydrogen-bond donors (Lipinski definition) is 4. The van der Waals surface area contributed by atoms with Gasteiger partial charge in [0.25, 0.3) is 11.6 Å². The fourth-order valence-electron chi connectivity index (χ4n) is 3.78. The van der Waals surface area contributed by atoms with Crippen molar-refractivity contribution in [3.05, 3.63) is 90.5 Å². The molecule has 1 aliphatic rings. The lowest BCUT2D eigenvalue weighted by atomic mass is 10.1. The fraction of sp³-hybridized carbons (Fsp3) is 0.241. The highest BCUT2D eigenvalue weighted by Gasteiger charge is 2.54. The van der Waals surface area contributed by atoms with Crippen molar-refractivity contribution < 1.29 is 19.1 Å². The summed E-state index contributed by atoms with van der Waals surface area (Å²) in [6, 6.07) is 24.1. The predicted octanol–water partition coefficient (Wildman–Crippen LogP) is 3.35. The quantitative estimate of drug-likeness (QED) is 0.331. The van der Waals surface area contributed by atoms with Crippen LogP contribution in [0.3, 0.4) is 0 Å². The third kappa shape index (κ3) is 7.20. The summed E-state index contributed by atoms with van der Waals surface area (Å²) in [4.78, 5) is 39.0. The molecule has 0 saturated carbocycles. The van der Waals surface area contributed by atoms with Gasteiger partial charge >= 0.3 is 5.91 Å². The first-order valence-corrected chi connectivity index (χ1v) is 12.6. The average molecular weight is 531 g/mol. The normalized spacial score (nSPS) is 15.9. The number of methoxy groups -OCH3 is 1. The van der Waals surface area contributed by atoms with E-state index in [1.807, 2.05) is 6.07 Å². The first kappa shape index (κ1) is 28.9. The number of hydrogen-bond acceptors (Lipinski definition) is 7. The molecule has 1 aliphatic heterocycles. The van der Waals surface area contributed by atoms with Crippen LogP contribution in [0, 0.1) is 0 Å². The molecule has 0 bridgehead atoms. The summed E-state index contributed by atoms with van der Waals surface area (Å²) in [6.07, 6.45) is 0. The Balaban J connectivity index is 0.000000771. The molecule has 0 aliphatic carbocycles. The van der Waals surface area contributed by atoms with E-state index in [0.717, 1.165) is 18.1 Å². The standard InChI is InChI=1S/C25H23N5O4.C4H11N/c1-17(31)27-25(28-19-11-7-4-8-12-19)23(26-22(32)18-9-5-3-6-10-18)29-30(24(25)33)20-13-15-21(34-2)16-14-20;1-3-5-4-2/h3-16,28H,1-2H3,(H,27,31)(H,26,29,32);5H,3-4H2,1-2H3. The molecule has 0 spiro atoms. The lowest BCUT2D eigenvalue weighted by Gasteiger charge is -2.31. The second-order valence-electron chi connectivity index (χ2n) is 8.46. The Morgan fingerprint density at radius 2 is 1.49 bits per heavy atom. The molecular formula is C29H34N6O4. The third-order valence-corrected chi connectivity index (χ3v) is 5.62. The van der Waals surface area contributed by atoms with Crippen LogP contribution in [0.4, 0.5) is 11.4 Å². The van der Waals surface area contributed by atoms with Crippen LogP contribution in [0.15, 0.2) is 90.0 Å². The van der Waals surface area contributed by atoms with Gasteiger partial charge in [-0.05, 0) is 61.6 Å². The van der Waals surface area contributed by atoms with Gasteiger partial charge in [-0.1, -0.05) is 50.2 Å². The van der Waals surface area contributed by atoms with Crippen molar-refractivity contribution in [3.8, 4) is 5.75 Å². The summed E-state index contributed by atoms with van der Waals surface area (Å²) in [5, 5.41) is 17.1. The van der Waals surface area contributed by atoms with Crippen molar-refractivity contribution >= 4 is 34.9 Å². The summed E-state index contributed by atoms with van der Waals surface area (Å²) in [5.41, 5.74) is -0.503. The first-order chi connectivity index (χ1) is 18.8. The lowest BCUT2D eigenvalue weighted by Crippen LogP contribution is -2.67. The Morgan fingerprint density at radius 1 is 0.897 bits per heavy atom. The third-order valence-electron chi connectivity index (χ3n) is 5.62. The molecular weight excluding hydrogens is 496 g/mol. The zero-order chi connectivity index (χ0) is 28.3. The molecule has 3 amide bonds. The first-order valence-electron chi connectivity index (χ1n) is 12.6. The van der Waals surface area contributed by atoms with Crippen molar-refractivity contribution in [2.75, 3.05) is 30.5 Å². The Bertz CT molecular complexity index is 1280. The minimum absolute atomic E-state index is 0.0683. The number of carbonyl (C=O) groups is 3. The average Bonchev–Trinajstić information content (AvgIpc) is 3.20. The molecule has 3 aromatic rings. The molecule has 4 rings (SSSR count). The number of benzene rings is 3. The molecule has 0 radical (unpaired) electrons. The smallest absolute Gasteiger partial charge is 0.302 e. The predicted molar refractivity (Wildman–Crippen MR) is 153 cm³/mol. The van der Waals surface area contributed by atoms with Crippen LogP contribution in [0.5, 0.6) is 5.75 Å². The van der Waals surface area contributed by atoms with Gasteiger partial charge in [-0.3, -0.25) is 14.4 Å². The van der Waals surface area contributed by atoms with Gasteiger partial charge in [-0.2, -0.15) is 5.01 Å². The van der Waals surface area contributed by atoms with E-state index in [2.05, 4.69) is 40.2 Å². The van der Waals surface area contributed by atoms with Crippen LogP contribution in [0.1, 0.15) is 31.1 Å². The van der Waals surface area contributed by atoms with Gasteiger partial charge in [0.15, 0.2) is 5.84 Å². The van der Waals surface area contributed by atoms with Crippen LogP contribution in [0.2, 0.25) is 0 Å². The molecule has 204 valence electrons. The molecule has 0 saturated heterocycles. The van der Waals surface area contributed by atoms with E-state index in [0.29, 0.717) is 22.7 Å². The lowest BCUT2D eigenvalue weighted by molar-refractivity contribution is -0.127. The number of hydrazone groups is 1. The van der Waals surface area contributed by atoms with Gasteiger partial charge in [0.05, 0.1) is 12.8 Å². The number of nitrogens with one attached hydrogen (secondary N) is 4. The zero-order valence-corrected chi connectivity index (χ0v) is 22.5. The van der Waals surface area contributed by atoms with E-state index < -0.39 is 23.4 Å². The highest BCUT2D eigenvalue weighted by molar-refractivity contribution is 6.28. The maximum atomic E-state index is 13.8. The summed E-state index contributed by atoms with van der Waals surface area (Å²) in [6.45, 7) is 7.67. The highest BCUT2D eigenvalue weighted by Crippen LogP contribution is 2.29. The van der Waals surface area contributed by atoms with Crippen LogP contribution in [-0.2, 0) is 9.59 Å². The fourth-order valence-corrected chi connectivity index (χ4v) is 3.78. The number of anilines is 2. The number of amidine groups is 1. The maximum Gasteiger partial charge on any atom is 0.302 e. The number of rotatable bonds is 8. The number of nitrogens with zero attached hydrogens (tertiary/aromatic N) is 2. The Labute approximate surface area is 228 Å². The highest BCUT2D eigenvalue weighted by atomic mass is 16.5. The van der Waals surface area contributed by atoms with E-state index in [4.69, 9.17) is 4.74 Å². The van der Waals surface area contributed by atoms with Gasteiger partial charge in [-0.25, -0.2) is 0 Å². The molecule has 0 fully saturated rings. The Morgan fingerprint density at radius 3 is 2.00 bits per heavy atom. The van der Waals surface area contributed by atoms with Crippen molar-refractivity contribution in [1.29, 1.82) is 0 Å². The van der Waals surface area contributed by atoms with E-state index in [1.54, 1.807) is 78.9 Å². The Kier molecular flexibility index (Phi) is 10.2. The van der Waals surface area contributed by atoms with Crippen molar-refractivity contribution in [2.24, 2.45) is 5.10 Å². The molecule has 39 heavy (non-hydrogen) atoms. The molecule has 1 atom stereocenters. The summed E-state index contributed by atoms with van der Waals surface area (Å²) < 4.78 is 5.19. The van der Waals surface area contributed by atoms with E-state index in [-0.39, 0.29) is 5.84 Å². The molecule has 1 heterocycles. The van der Waals surface area contributed by atoms with Crippen LogP contribution in [-0.4, -0.2) is 49.4 Å². The molecule has 10 heteroatoms. The van der Waals surface area contributed by atoms with Gasteiger partial charge in [-0.15, -0.1) is 5.10 Å². The van der Waals surface area contributed by atoms with Crippen LogP contribution >= 0.6 is 0 Å². The van der Waals surface area contributed by atoms with Crippen LogP contribution < -0.4 is 31.0 Å². The Hall–Kier alpha value is -4.70. The number of ether oxygens (including phenoxy) is 1. The molecule has 10 nitrogen and oxygen atoms in total. The molecule has 1 unspecified atom stereocenters. The van der Waals surface area contributed by atoms with Gasteiger partial charge in [0, 0.05) is 18.2 Å². The van der Waals surface area contributed by atoms with E-state index >= 15 is 0 Å². The summed E-state index contributed by atoms with van der Waals surface area (Å²) in [5.74, 6) is -1.03. The molecule has 4 N–H and O–H groups in total. The monoisotopic (exact) mass is 530 g/mol. The van der Waals surface area contributed by atoms with Crippen LogP contribution in [0.25, 0.3) is 0 Å². The van der Waals surface area contributed by atoms with Crippen molar-refractivity contribution in [1.82, 2.24) is 16.0 Å². The van der Waals surface area contributed by atoms with E-state index in [1.165, 1.54) is 14.0 Å². The summed E-state index contributed by atoms with van der Waals surface area (Å²) in [7, 11) is 1.54. The second kappa shape index (κ2) is 13.7. The zero-order valence-electron chi connectivity index (χ0n) is 22.5. The minimum Gasteiger partial charge on any atom is -0.497 e. The topological polar surface area (TPSA) is 124 Å². The minimum atomic E-state index is -1.85. The molecule has 3 aromatic carbocycles. The second-order valence-corrected chi connectivity index (χ2v) is 8.46. The maximum absolute atomic E-state index is 13.8. The number of amides is 3. The number of para-hydroxylation sites is 1. The van der Waals surface area contributed by atoms with Gasteiger partial charge < -0.3 is 26.0 Å². The van der Waals surface area contributed by atoms with Crippen molar-refractivity contribution in [3.63, 3.8) is 0 Å². The van der Waals surface area contributed by atoms with Gasteiger partial charge in [0.2, 0.25) is 5.91 Å².